The van der Waals surface area contributed by atoms with Gasteiger partial charge in [0.25, 0.3) is 0 Å². The maximum absolute atomic E-state index is 12.4. The van der Waals surface area contributed by atoms with Gasteiger partial charge in [-0.05, 0) is 74.1 Å². The Kier molecular flexibility index (Phi) is 2.76. The number of anilines is 1. The molecule has 20 heavy (non-hydrogen) atoms. The van der Waals surface area contributed by atoms with Gasteiger partial charge >= 0.3 is 0 Å². The van der Waals surface area contributed by atoms with Gasteiger partial charge in [-0.3, -0.25) is 4.79 Å². The smallest absolute Gasteiger partial charge is 0.228 e. The van der Waals surface area contributed by atoms with Gasteiger partial charge in [-0.1, -0.05) is 0 Å². The van der Waals surface area contributed by atoms with Gasteiger partial charge in [0.05, 0.1) is 6.61 Å². The maximum Gasteiger partial charge on any atom is 0.228 e. The van der Waals surface area contributed by atoms with Crippen molar-refractivity contribution in [1.29, 1.82) is 0 Å². The van der Waals surface area contributed by atoms with Gasteiger partial charge < -0.3 is 10.1 Å². The van der Waals surface area contributed by atoms with Crippen LogP contribution in [0.1, 0.15) is 26.2 Å². The lowest BCUT2D eigenvalue weighted by molar-refractivity contribution is -0.118. The zero-order valence-electron chi connectivity index (χ0n) is 11.8. The number of nitrogens with one attached hydrogen (secondary N) is 1. The number of amides is 1. The molecule has 106 valence electrons. The molecule has 2 bridgehead atoms. The molecular formula is C17H21NO2. The first-order valence-corrected chi connectivity index (χ1v) is 7.81. The van der Waals surface area contributed by atoms with Crippen LogP contribution in [0.2, 0.25) is 0 Å². The summed E-state index contributed by atoms with van der Waals surface area (Å²) < 4.78 is 5.41. The van der Waals surface area contributed by atoms with Crippen LogP contribution >= 0.6 is 0 Å². The Morgan fingerprint density at radius 3 is 2.45 bits per heavy atom. The highest BCUT2D eigenvalue weighted by atomic mass is 16.5. The summed E-state index contributed by atoms with van der Waals surface area (Å²) in [6, 6.07) is 7.68. The Labute approximate surface area is 119 Å². The van der Waals surface area contributed by atoms with E-state index < -0.39 is 0 Å². The van der Waals surface area contributed by atoms with Crippen LogP contribution in [0.25, 0.3) is 0 Å². The molecule has 0 aliphatic heterocycles. The molecule has 0 aromatic heterocycles. The van der Waals surface area contributed by atoms with Crippen molar-refractivity contribution >= 4 is 11.6 Å². The van der Waals surface area contributed by atoms with E-state index in [1.807, 2.05) is 31.2 Å². The number of benzene rings is 1. The lowest BCUT2D eigenvalue weighted by Crippen LogP contribution is -2.18. The van der Waals surface area contributed by atoms with Crippen LogP contribution in [-0.2, 0) is 4.79 Å². The third kappa shape index (κ3) is 1.83. The Bertz CT molecular complexity index is 508. The molecule has 3 heteroatoms. The lowest BCUT2D eigenvalue weighted by Gasteiger charge is -2.10. The van der Waals surface area contributed by atoms with Crippen LogP contribution in [0.15, 0.2) is 24.3 Å². The Morgan fingerprint density at radius 2 is 1.85 bits per heavy atom. The molecule has 3 nitrogen and oxygen atoms in total. The number of fused-ring (bicyclic) bond motifs is 5. The van der Waals surface area contributed by atoms with Gasteiger partial charge in [0, 0.05) is 11.6 Å². The highest BCUT2D eigenvalue weighted by molar-refractivity contribution is 5.95. The first-order chi connectivity index (χ1) is 9.78. The second kappa shape index (κ2) is 4.51. The zero-order valence-corrected chi connectivity index (χ0v) is 11.8. The summed E-state index contributed by atoms with van der Waals surface area (Å²) >= 11 is 0. The van der Waals surface area contributed by atoms with Crippen molar-refractivity contribution < 1.29 is 9.53 Å². The molecule has 0 saturated heterocycles. The summed E-state index contributed by atoms with van der Waals surface area (Å²) in [5.74, 6) is 4.50. The minimum absolute atomic E-state index is 0.237. The highest BCUT2D eigenvalue weighted by Gasteiger charge is 2.67. The molecule has 3 fully saturated rings. The maximum atomic E-state index is 12.4. The molecular weight excluding hydrogens is 250 g/mol. The van der Waals surface area contributed by atoms with E-state index in [2.05, 4.69) is 5.32 Å². The predicted octanol–water partition coefficient (Wildman–Crippen LogP) is 3.32. The molecule has 3 aliphatic carbocycles. The topological polar surface area (TPSA) is 38.3 Å². The van der Waals surface area contributed by atoms with Gasteiger partial charge in [0.2, 0.25) is 5.91 Å². The van der Waals surface area contributed by atoms with Gasteiger partial charge in [0.15, 0.2) is 0 Å². The van der Waals surface area contributed by atoms with Crippen molar-refractivity contribution in [1.82, 2.24) is 0 Å². The second-order valence-corrected chi connectivity index (χ2v) is 6.46. The fraction of sp³-hybridized carbons (Fsp3) is 0.588. The van der Waals surface area contributed by atoms with Crippen LogP contribution in [0.3, 0.4) is 0 Å². The molecule has 0 heterocycles. The molecule has 1 aromatic carbocycles. The van der Waals surface area contributed by atoms with Crippen molar-refractivity contribution in [2.45, 2.75) is 26.2 Å². The number of carbonyl (C=O) groups excluding carboxylic acids is 1. The first kappa shape index (κ1) is 12.2. The molecule has 4 rings (SSSR count). The molecule has 0 radical (unpaired) electrons. The quantitative estimate of drug-likeness (QED) is 0.912. The van der Waals surface area contributed by atoms with Gasteiger partial charge in [0.1, 0.15) is 5.75 Å². The summed E-state index contributed by atoms with van der Waals surface area (Å²) in [4.78, 5) is 12.4. The SMILES string of the molecule is CCOc1ccc(NC(=O)C2C3C4CCC(C4)C23)cc1. The summed E-state index contributed by atoms with van der Waals surface area (Å²) in [6.07, 6.45) is 4.11. The molecule has 1 aromatic rings. The number of rotatable bonds is 4. The van der Waals surface area contributed by atoms with Crippen LogP contribution < -0.4 is 10.1 Å². The van der Waals surface area contributed by atoms with Crippen molar-refractivity contribution in [3.63, 3.8) is 0 Å². The van der Waals surface area contributed by atoms with Gasteiger partial charge in [-0.15, -0.1) is 0 Å². The number of ether oxygens (including phenoxy) is 1. The van der Waals surface area contributed by atoms with Crippen LogP contribution in [0.4, 0.5) is 5.69 Å². The Morgan fingerprint density at radius 1 is 1.20 bits per heavy atom. The molecule has 1 amide bonds. The van der Waals surface area contributed by atoms with Crippen LogP contribution in [0, 0.1) is 29.6 Å². The second-order valence-electron chi connectivity index (χ2n) is 6.46. The molecule has 3 aliphatic rings. The Hall–Kier alpha value is -1.51. The van der Waals surface area contributed by atoms with Crippen LogP contribution in [0.5, 0.6) is 5.75 Å². The number of carbonyl (C=O) groups is 1. The van der Waals surface area contributed by atoms with E-state index in [9.17, 15) is 4.79 Å². The van der Waals surface area contributed by atoms with E-state index in [0.29, 0.717) is 24.4 Å². The average Bonchev–Trinajstić information content (AvgIpc) is 2.90. The molecule has 1 N–H and O–H groups in total. The lowest BCUT2D eigenvalue weighted by atomic mass is 10.0. The monoisotopic (exact) mass is 271 g/mol. The van der Waals surface area contributed by atoms with E-state index in [1.54, 1.807) is 0 Å². The molecule has 3 saturated carbocycles. The van der Waals surface area contributed by atoms with E-state index in [0.717, 1.165) is 23.3 Å². The standard InChI is InChI=1S/C17H21NO2/c1-2-20-13-7-5-12(6-8-13)18-17(19)16-14-10-3-4-11(9-10)15(14)16/h5-8,10-11,14-16H,2-4,9H2,1H3,(H,18,19). The van der Waals surface area contributed by atoms with Gasteiger partial charge in [-0.25, -0.2) is 0 Å². The largest absolute Gasteiger partial charge is 0.494 e. The predicted molar refractivity (Wildman–Crippen MR) is 77.5 cm³/mol. The summed E-state index contributed by atoms with van der Waals surface area (Å²) in [7, 11) is 0. The van der Waals surface area contributed by atoms with Crippen LogP contribution in [-0.4, -0.2) is 12.5 Å². The third-order valence-corrected chi connectivity index (χ3v) is 5.47. The summed E-state index contributed by atoms with van der Waals surface area (Å²) in [5.41, 5.74) is 0.885. The highest BCUT2D eigenvalue weighted by Crippen LogP contribution is 2.69. The minimum Gasteiger partial charge on any atom is -0.494 e. The Balaban J connectivity index is 1.39. The fourth-order valence-electron chi connectivity index (χ4n) is 4.70. The van der Waals surface area contributed by atoms with Crippen molar-refractivity contribution in [2.24, 2.45) is 29.6 Å². The normalized spacial score (nSPS) is 36.5. The van der Waals surface area contributed by atoms with E-state index in [4.69, 9.17) is 4.74 Å². The first-order valence-electron chi connectivity index (χ1n) is 7.81. The average molecular weight is 271 g/mol. The summed E-state index contributed by atoms with van der Waals surface area (Å²) in [6.45, 7) is 2.63. The summed E-state index contributed by atoms with van der Waals surface area (Å²) in [5, 5.41) is 3.08. The minimum atomic E-state index is 0.237. The zero-order chi connectivity index (χ0) is 13.7. The number of hydrogen-bond donors (Lipinski definition) is 1. The van der Waals surface area contributed by atoms with Crippen molar-refractivity contribution in [2.75, 3.05) is 11.9 Å². The van der Waals surface area contributed by atoms with E-state index in [1.165, 1.54) is 19.3 Å². The molecule has 4 unspecified atom stereocenters. The third-order valence-electron chi connectivity index (χ3n) is 5.47. The number of hydrogen-bond acceptors (Lipinski definition) is 2. The molecule has 0 spiro atoms. The van der Waals surface area contributed by atoms with Crippen molar-refractivity contribution in [3.8, 4) is 5.75 Å². The van der Waals surface area contributed by atoms with Gasteiger partial charge in [-0.2, -0.15) is 0 Å². The van der Waals surface area contributed by atoms with E-state index in [-0.39, 0.29) is 5.91 Å². The van der Waals surface area contributed by atoms with Crippen molar-refractivity contribution in [3.05, 3.63) is 24.3 Å². The van der Waals surface area contributed by atoms with E-state index >= 15 is 0 Å². The molecule has 4 atom stereocenters. The fourth-order valence-corrected chi connectivity index (χ4v) is 4.70.